The van der Waals surface area contributed by atoms with Crippen LogP contribution in [0.1, 0.15) is 29.5 Å². The van der Waals surface area contributed by atoms with Gasteiger partial charge in [0.25, 0.3) is 0 Å². The predicted octanol–water partition coefficient (Wildman–Crippen LogP) is 4.77. The smallest absolute Gasteiger partial charge is 0.161 e. The molecule has 0 amide bonds. The summed E-state index contributed by atoms with van der Waals surface area (Å²) in [6, 6.07) is 7.44. The van der Waals surface area contributed by atoms with Gasteiger partial charge < -0.3 is 10.4 Å². The van der Waals surface area contributed by atoms with Gasteiger partial charge in [0.05, 0.1) is 33.2 Å². The van der Waals surface area contributed by atoms with Gasteiger partial charge in [0.1, 0.15) is 0 Å². The van der Waals surface area contributed by atoms with E-state index >= 15 is 0 Å². The van der Waals surface area contributed by atoms with E-state index in [1.54, 1.807) is 0 Å². The molecule has 3 heterocycles. The lowest BCUT2D eigenvalue weighted by Crippen LogP contribution is -2.18. The van der Waals surface area contributed by atoms with Crippen LogP contribution in [0.2, 0.25) is 10.0 Å². The van der Waals surface area contributed by atoms with Crippen LogP contribution in [0.25, 0.3) is 16.9 Å². The Bertz CT molecular complexity index is 945. The van der Waals surface area contributed by atoms with E-state index in [1.165, 1.54) is 0 Å². The Hall–Kier alpha value is -1.75. The number of benzene rings is 1. The summed E-state index contributed by atoms with van der Waals surface area (Å²) in [7, 11) is 0. The molecule has 4 nitrogen and oxygen atoms in total. The van der Waals surface area contributed by atoms with Crippen molar-refractivity contribution in [2.24, 2.45) is 0 Å². The van der Waals surface area contributed by atoms with Crippen LogP contribution in [0.4, 0.5) is 5.69 Å². The topological polar surface area (TPSA) is 49.6 Å². The maximum atomic E-state index is 10.5. The summed E-state index contributed by atoms with van der Waals surface area (Å²) in [4.78, 5) is 4.71. The van der Waals surface area contributed by atoms with Gasteiger partial charge in [-0.3, -0.25) is 4.40 Å². The molecule has 1 unspecified atom stereocenters. The Morgan fingerprint density at radius 2 is 1.96 bits per heavy atom. The number of fused-ring (bicyclic) bond motifs is 3. The van der Waals surface area contributed by atoms with Gasteiger partial charge in [-0.1, -0.05) is 29.3 Å². The van der Waals surface area contributed by atoms with Crippen molar-refractivity contribution in [2.75, 3.05) is 11.9 Å². The monoisotopic (exact) mass is 361 g/mol. The highest BCUT2D eigenvalue weighted by Crippen LogP contribution is 2.41. The van der Waals surface area contributed by atoms with Crippen molar-refractivity contribution in [3.05, 3.63) is 51.3 Å². The fourth-order valence-corrected chi connectivity index (χ4v) is 3.94. The van der Waals surface area contributed by atoms with Crippen molar-refractivity contribution < 1.29 is 5.11 Å². The summed E-state index contributed by atoms with van der Waals surface area (Å²) in [5.74, 6) is 0. The Morgan fingerprint density at radius 1 is 1.25 bits per heavy atom. The minimum Gasteiger partial charge on any atom is -0.388 e. The van der Waals surface area contributed by atoms with Gasteiger partial charge in [-0.2, -0.15) is 0 Å². The quantitative estimate of drug-likeness (QED) is 0.655. The number of aryl methyl sites for hydroxylation is 2. The second-order valence-corrected chi connectivity index (χ2v) is 6.94. The van der Waals surface area contributed by atoms with Crippen LogP contribution >= 0.6 is 23.2 Å². The molecule has 0 spiro atoms. The highest BCUT2D eigenvalue weighted by molar-refractivity contribution is 6.39. The number of anilines is 1. The van der Waals surface area contributed by atoms with Crippen molar-refractivity contribution in [3.63, 3.8) is 0 Å². The number of aliphatic hydroxyl groups excluding tert-OH is 1. The maximum Gasteiger partial charge on any atom is 0.161 e. The molecular formula is C18H17Cl2N3O. The van der Waals surface area contributed by atoms with Crippen LogP contribution in [0.3, 0.4) is 0 Å². The molecule has 1 aliphatic heterocycles. The summed E-state index contributed by atoms with van der Waals surface area (Å²) in [6.45, 7) is 4.72. The molecular weight excluding hydrogens is 345 g/mol. The molecule has 24 heavy (non-hydrogen) atoms. The van der Waals surface area contributed by atoms with Crippen LogP contribution in [-0.4, -0.2) is 21.0 Å². The third-order valence-corrected chi connectivity index (χ3v) is 5.32. The maximum absolute atomic E-state index is 10.5. The van der Waals surface area contributed by atoms with Gasteiger partial charge in [-0.05, 0) is 38.5 Å². The third kappa shape index (κ3) is 2.21. The zero-order valence-corrected chi connectivity index (χ0v) is 14.9. The fourth-order valence-electron chi connectivity index (χ4n) is 3.35. The molecule has 1 atom stereocenters. The number of nitrogens with one attached hydrogen (secondary N) is 1. The number of rotatable bonds is 1. The number of aromatic nitrogens is 2. The summed E-state index contributed by atoms with van der Waals surface area (Å²) in [5, 5.41) is 15.0. The third-order valence-electron chi connectivity index (χ3n) is 4.69. The molecule has 124 valence electrons. The predicted molar refractivity (Wildman–Crippen MR) is 98.2 cm³/mol. The Kier molecular flexibility index (Phi) is 3.71. The van der Waals surface area contributed by atoms with Crippen LogP contribution in [0.15, 0.2) is 24.3 Å². The minimum atomic E-state index is -0.524. The number of hydrogen-bond acceptors (Lipinski definition) is 3. The van der Waals surface area contributed by atoms with Gasteiger partial charge >= 0.3 is 0 Å². The van der Waals surface area contributed by atoms with Gasteiger partial charge in [0.15, 0.2) is 5.65 Å². The van der Waals surface area contributed by atoms with Crippen molar-refractivity contribution in [1.82, 2.24) is 9.38 Å². The second kappa shape index (κ2) is 5.66. The van der Waals surface area contributed by atoms with E-state index < -0.39 is 6.10 Å². The van der Waals surface area contributed by atoms with Crippen LogP contribution in [0, 0.1) is 13.8 Å². The first-order chi connectivity index (χ1) is 11.5. The molecule has 2 aromatic heterocycles. The van der Waals surface area contributed by atoms with Crippen LogP contribution < -0.4 is 5.32 Å². The fraction of sp³-hybridized carbons (Fsp3) is 0.278. The normalized spacial score (nSPS) is 17.0. The average molecular weight is 362 g/mol. The molecule has 2 N–H and O–H groups in total. The lowest BCUT2D eigenvalue weighted by Gasteiger charge is -2.25. The molecule has 0 aliphatic carbocycles. The van der Waals surface area contributed by atoms with Gasteiger partial charge in [0.2, 0.25) is 0 Å². The lowest BCUT2D eigenvalue weighted by molar-refractivity contribution is 0.168. The number of pyridine rings is 1. The standard InChI is InChI=1S/C18H17Cl2N3O/c1-9-10(2)23-14(16-12(19)4-3-5-13(16)20)8-11-15(24)6-7-21-17(11)18(23)22-9/h3-5,8,15,21,24H,6-7H2,1-2H3. The highest BCUT2D eigenvalue weighted by Gasteiger charge is 2.26. The summed E-state index contributed by atoms with van der Waals surface area (Å²) < 4.78 is 2.06. The van der Waals surface area contributed by atoms with Gasteiger partial charge in [-0.25, -0.2) is 4.98 Å². The molecule has 1 aliphatic rings. The second-order valence-electron chi connectivity index (χ2n) is 6.13. The molecule has 4 rings (SSSR count). The van der Waals surface area contributed by atoms with E-state index in [0.717, 1.165) is 46.1 Å². The number of hydrogen-bond donors (Lipinski definition) is 2. The zero-order valence-electron chi connectivity index (χ0n) is 13.4. The van der Waals surface area contributed by atoms with E-state index in [9.17, 15) is 5.11 Å². The van der Waals surface area contributed by atoms with E-state index in [0.29, 0.717) is 16.5 Å². The lowest BCUT2D eigenvalue weighted by atomic mass is 9.98. The zero-order chi connectivity index (χ0) is 17.0. The Labute approximate surface area is 150 Å². The molecule has 0 saturated carbocycles. The van der Waals surface area contributed by atoms with E-state index in [-0.39, 0.29) is 0 Å². The number of imidazole rings is 1. The van der Waals surface area contributed by atoms with Crippen molar-refractivity contribution in [1.29, 1.82) is 0 Å². The average Bonchev–Trinajstić information content (AvgIpc) is 2.84. The van der Waals surface area contributed by atoms with Crippen molar-refractivity contribution in [2.45, 2.75) is 26.4 Å². The highest BCUT2D eigenvalue weighted by atomic mass is 35.5. The minimum absolute atomic E-state index is 0.524. The molecule has 3 aromatic rings. The van der Waals surface area contributed by atoms with Crippen LogP contribution in [-0.2, 0) is 0 Å². The largest absolute Gasteiger partial charge is 0.388 e. The first-order valence-electron chi connectivity index (χ1n) is 7.88. The van der Waals surface area contributed by atoms with Crippen molar-refractivity contribution >= 4 is 34.5 Å². The molecule has 6 heteroatoms. The summed E-state index contributed by atoms with van der Waals surface area (Å²) in [6.07, 6.45) is 0.140. The summed E-state index contributed by atoms with van der Waals surface area (Å²) >= 11 is 12.9. The molecule has 0 radical (unpaired) electrons. The SMILES string of the molecule is Cc1nc2c3c(cc(-c4c(Cl)cccc4Cl)n2c1C)C(O)CCN3. The number of nitrogens with zero attached hydrogens (tertiary/aromatic N) is 2. The van der Waals surface area contributed by atoms with Gasteiger partial charge in [0, 0.05) is 23.4 Å². The Balaban J connectivity index is 2.16. The van der Waals surface area contributed by atoms with E-state index in [2.05, 4.69) is 9.72 Å². The first-order valence-corrected chi connectivity index (χ1v) is 8.63. The van der Waals surface area contributed by atoms with E-state index in [4.69, 9.17) is 28.2 Å². The molecule has 0 saturated heterocycles. The first kappa shape index (κ1) is 15.8. The molecule has 0 bridgehead atoms. The van der Waals surface area contributed by atoms with Gasteiger partial charge in [-0.15, -0.1) is 0 Å². The van der Waals surface area contributed by atoms with Crippen molar-refractivity contribution in [3.8, 4) is 11.3 Å². The number of aliphatic hydroxyl groups is 1. The Morgan fingerprint density at radius 3 is 2.67 bits per heavy atom. The summed E-state index contributed by atoms with van der Waals surface area (Å²) in [5.41, 5.74) is 6.09. The van der Waals surface area contributed by atoms with E-state index in [1.807, 2.05) is 38.1 Å². The number of halogens is 2. The van der Waals surface area contributed by atoms with Crippen LogP contribution in [0.5, 0.6) is 0 Å². The molecule has 0 fully saturated rings. The molecule has 1 aromatic carbocycles.